The first-order valence-corrected chi connectivity index (χ1v) is 10.8. The van der Waals surface area contributed by atoms with E-state index in [2.05, 4.69) is 34.3 Å². The summed E-state index contributed by atoms with van der Waals surface area (Å²) in [5.41, 5.74) is 1.64. The van der Waals surface area contributed by atoms with Crippen molar-refractivity contribution in [2.75, 3.05) is 39.4 Å². The molecule has 0 N–H and O–H groups in total. The molecule has 2 aromatic rings. The van der Waals surface area contributed by atoms with Gasteiger partial charge in [0.15, 0.2) is 5.69 Å². The molecule has 3 fully saturated rings. The minimum Gasteiger partial charge on any atom is -0.381 e. The zero-order valence-electron chi connectivity index (χ0n) is 17.0. The van der Waals surface area contributed by atoms with Crippen LogP contribution in [0.25, 0.3) is 0 Å². The second-order valence-corrected chi connectivity index (χ2v) is 8.83. The lowest BCUT2D eigenvalue weighted by molar-refractivity contribution is 0.0520. The minimum absolute atomic E-state index is 0.0129. The number of fused-ring (bicyclic) bond motifs is 1. The number of hydrogen-bond acceptors (Lipinski definition) is 5. The Bertz CT molecular complexity index is 846. The van der Waals surface area contributed by atoms with E-state index in [4.69, 9.17) is 9.26 Å². The van der Waals surface area contributed by atoms with Gasteiger partial charge in [0.1, 0.15) is 5.76 Å². The zero-order valence-corrected chi connectivity index (χ0v) is 17.0. The smallest absolute Gasteiger partial charge is 0.276 e. The first-order valence-electron chi connectivity index (χ1n) is 10.8. The predicted octanol–water partition coefficient (Wildman–Crippen LogP) is 3.15. The SMILES string of the molecule is Cc1cc(C(=O)N2C[C@@H]3CN(CC4CCOCC4)C[C@@H]3[C@H]2c2ccccc2)no1. The molecular weight excluding hydrogens is 366 g/mol. The maximum atomic E-state index is 13.2. The van der Waals surface area contributed by atoms with Gasteiger partial charge in [-0.15, -0.1) is 0 Å². The number of nitrogens with zero attached hydrogens (tertiary/aromatic N) is 3. The highest BCUT2D eigenvalue weighted by atomic mass is 16.5. The monoisotopic (exact) mass is 395 g/mol. The van der Waals surface area contributed by atoms with Crippen molar-refractivity contribution in [2.45, 2.75) is 25.8 Å². The molecule has 3 atom stereocenters. The second-order valence-electron chi connectivity index (χ2n) is 8.83. The zero-order chi connectivity index (χ0) is 19.8. The lowest BCUT2D eigenvalue weighted by Crippen LogP contribution is -2.37. The summed E-state index contributed by atoms with van der Waals surface area (Å²) in [5.74, 6) is 2.38. The van der Waals surface area contributed by atoms with E-state index in [1.165, 1.54) is 18.4 Å². The number of ether oxygens (including phenoxy) is 1. The Hall–Kier alpha value is -2.18. The lowest BCUT2D eigenvalue weighted by atomic mass is 9.89. The van der Waals surface area contributed by atoms with Crippen molar-refractivity contribution in [3.8, 4) is 0 Å². The lowest BCUT2D eigenvalue weighted by Gasteiger charge is -2.31. The van der Waals surface area contributed by atoms with E-state index in [0.717, 1.165) is 45.3 Å². The fourth-order valence-electron chi connectivity index (χ4n) is 5.48. The van der Waals surface area contributed by atoms with E-state index < -0.39 is 0 Å². The Morgan fingerprint density at radius 2 is 1.93 bits per heavy atom. The Morgan fingerprint density at radius 3 is 2.66 bits per heavy atom. The van der Waals surface area contributed by atoms with E-state index in [9.17, 15) is 4.79 Å². The maximum Gasteiger partial charge on any atom is 0.276 e. The number of benzene rings is 1. The maximum absolute atomic E-state index is 13.2. The van der Waals surface area contributed by atoms with Crippen molar-refractivity contribution in [2.24, 2.45) is 17.8 Å². The molecule has 6 heteroatoms. The van der Waals surface area contributed by atoms with E-state index in [1.54, 1.807) is 6.07 Å². The number of amides is 1. The summed E-state index contributed by atoms with van der Waals surface area (Å²) in [6, 6.07) is 12.3. The number of carbonyl (C=O) groups excluding carboxylic acids is 1. The van der Waals surface area contributed by atoms with Crippen LogP contribution in [0.2, 0.25) is 0 Å². The molecule has 1 aromatic heterocycles. The Kier molecular flexibility index (Phi) is 5.14. The van der Waals surface area contributed by atoms with Gasteiger partial charge in [-0.2, -0.15) is 0 Å². The van der Waals surface area contributed by atoms with Gasteiger partial charge in [-0.25, -0.2) is 0 Å². The Labute approximate surface area is 171 Å². The van der Waals surface area contributed by atoms with Crippen LogP contribution in [-0.4, -0.2) is 60.3 Å². The molecule has 5 rings (SSSR count). The topological polar surface area (TPSA) is 58.8 Å². The van der Waals surface area contributed by atoms with Gasteiger partial charge in [-0.3, -0.25) is 4.79 Å². The van der Waals surface area contributed by atoms with Crippen LogP contribution in [0.3, 0.4) is 0 Å². The number of rotatable bonds is 4. The third kappa shape index (κ3) is 3.71. The predicted molar refractivity (Wildman–Crippen MR) is 108 cm³/mol. The van der Waals surface area contributed by atoms with Crippen LogP contribution in [0.5, 0.6) is 0 Å². The third-order valence-electron chi connectivity index (χ3n) is 6.85. The third-order valence-corrected chi connectivity index (χ3v) is 6.85. The van der Waals surface area contributed by atoms with E-state index >= 15 is 0 Å². The van der Waals surface area contributed by atoms with Gasteiger partial charge in [-0.1, -0.05) is 35.5 Å². The van der Waals surface area contributed by atoms with Gasteiger partial charge in [0.05, 0.1) is 6.04 Å². The van der Waals surface area contributed by atoms with Gasteiger partial charge >= 0.3 is 0 Å². The number of hydrogen-bond donors (Lipinski definition) is 0. The molecule has 4 heterocycles. The molecular formula is C23H29N3O3. The largest absolute Gasteiger partial charge is 0.381 e. The first kappa shape index (κ1) is 18.8. The van der Waals surface area contributed by atoms with Gasteiger partial charge in [-0.05, 0) is 37.2 Å². The molecule has 6 nitrogen and oxygen atoms in total. The van der Waals surface area contributed by atoms with Crippen LogP contribution < -0.4 is 0 Å². The molecule has 0 saturated carbocycles. The van der Waals surface area contributed by atoms with Crippen molar-refractivity contribution < 1.29 is 14.1 Å². The van der Waals surface area contributed by atoms with Crippen LogP contribution >= 0.6 is 0 Å². The molecule has 1 amide bonds. The Morgan fingerprint density at radius 1 is 1.14 bits per heavy atom. The summed E-state index contributed by atoms with van der Waals surface area (Å²) in [7, 11) is 0. The van der Waals surface area contributed by atoms with Crippen LogP contribution in [0.1, 0.15) is 40.7 Å². The average molecular weight is 396 g/mol. The van der Waals surface area contributed by atoms with Crippen LogP contribution in [-0.2, 0) is 4.74 Å². The highest BCUT2D eigenvalue weighted by Crippen LogP contribution is 2.45. The molecule has 0 unspecified atom stereocenters. The summed E-state index contributed by atoms with van der Waals surface area (Å²) >= 11 is 0. The van der Waals surface area contributed by atoms with Gasteiger partial charge in [0.25, 0.3) is 5.91 Å². The van der Waals surface area contributed by atoms with E-state index in [-0.39, 0.29) is 11.9 Å². The molecule has 154 valence electrons. The number of aryl methyl sites for hydroxylation is 1. The summed E-state index contributed by atoms with van der Waals surface area (Å²) in [6.45, 7) is 7.71. The van der Waals surface area contributed by atoms with Crippen LogP contribution in [0.15, 0.2) is 40.9 Å². The number of carbonyl (C=O) groups is 1. The van der Waals surface area contributed by atoms with Crippen molar-refractivity contribution in [1.29, 1.82) is 0 Å². The van der Waals surface area contributed by atoms with Crippen molar-refractivity contribution in [1.82, 2.24) is 15.0 Å². The van der Waals surface area contributed by atoms with Gasteiger partial charge < -0.3 is 19.1 Å². The Balaban J connectivity index is 1.36. The summed E-state index contributed by atoms with van der Waals surface area (Å²) in [4.78, 5) is 17.9. The highest BCUT2D eigenvalue weighted by molar-refractivity contribution is 5.92. The molecule has 29 heavy (non-hydrogen) atoms. The van der Waals surface area contributed by atoms with E-state index in [1.807, 2.05) is 17.9 Å². The summed E-state index contributed by atoms with van der Waals surface area (Å²) in [6.07, 6.45) is 2.34. The summed E-state index contributed by atoms with van der Waals surface area (Å²) < 4.78 is 10.7. The molecule has 3 aliphatic rings. The standard InChI is InChI=1S/C23H29N3O3/c1-16-11-21(24-29-16)23(27)26-14-19-13-25(12-17-7-9-28-10-8-17)15-20(19)22(26)18-5-3-2-4-6-18/h2-6,11,17,19-20,22H,7-10,12-15H2,1H3/t19-,20-,22+/m0/s1. The van der Waals surface area contributed by atoms with E-state index in [0.29, 0.717) is 23.3 Å². The second kappa shape index (κ2) is 7.92. The quantitative estimate of drug-likeness (QED) is 0.796. The highest BCUT2D eigenvalue weighted by Gasteiger charge is 2.49. The fourth-order valence-corrected chi connectivity index (χ4v) is 5.48. The minimum atomic E-state index is -0.0129. The van der Waals surface area contributed by atoms with Gasteiger partial charge in [0.2, 0.25) is 0 Å². The average Bonchev–Trinajstić information content (AvgIpc) is 3.43. The van der Waals surface area contributed by atoms with Crippen molar-refractivity contribution in [3.05, 3.63) is 53.4 Å². The first-order chi connectivity index (χ1) is 14.2. The number of likely N-dealkylation sites (tertiary alicyclic amines) is 2. The molecule has 1 aromatic carbocycles. The summed E-state index contributed by atoms with van der Waals surface area (Å²) in [5, 5.41) is 3.99. The van der Waals surface area contributed by atoms with Crippen LogP contribution in [0, 0.1) is 24.7 Å². The molecule has 3 aliphatic heterocycles. The molecule has 0 spiro atoms. The molecule has 0 radical (unpaired) electrons. The molecule has 3 saturated heterocycles. The van der Waals surface area contributed by atoms with Crippen molar-refractivity contribution >= 4 is 5.91 Å². The van der Waals surface area contributed by atoms with Crippen LogP contribution in [0.4, 0.5) is 0 Å². The van der Waals surface area contributed by atoms with Gasteiger partial charge in [0, 0.05) is 51.4 Å². The fraction of sp³-hybridized carbons (Fsp3) is 0.565. The van der Waals surface area contributed by atoms with Crippen molar-refractivity contribution in [3.63, 3.8) is 0 Å². The normalized spacial score (nSPS) is 28.0. The molecule has 0 aliphatic carbocycles. The number of aromatic nitrogens is 1. The molecule has 0 bridgehead atoms.